The number of nitrogens with one attached hydrogen (secondary N) is 1. The SMILES string of the molecule is COCC1(Oc2cc3c(N[C@H](C)c4cccc(C(F)(F)CO)c4F)nc(C)nc3cc2OC)CC1. The van der Waals surface area contributed by atoms with Crippen molar-refractivity contribution in [3.05, 3.63) is 53.1 Å². The molecule has 0 amide bonds. The summed E-state index contributed by atoms with van der Waals surface area (Å²) < 4.78 is 60.1. The van der Waals surface area contributed by atoms with Gasteiger partial charge in [-0.2, -0.15) is 8.78 Å². The number of hydrogen-bond acceptors (Lipinski definition) is 7. The summed E-state index contributed by atoms with van der Waals surface area (Å²) in [5, 5.41) is 12.7. The fourth-order valence-electron chi connectivity index (χ4n) is 4.05. The van der Waals surface area contributed by atoms with E-state index in [2.05, 4.69) is 15.3 Å². The van der Waals surface area contributed by atoms with Crippen LogP contribution in [-0.4, -0.2) is 48.1 Å². The first-order valence-corrected chi connectivity index (χ1v) is 11.2. The molecule has 0 radical (unpaired) electrons. The van der Waals surface area contributed by atoms with E-state index < -0.39 is 35.6 Å². The molecule has 2 aromatic carbocycles. The molecule has 1 fully saturated rings. The van der Waals surface area contributed by atoms with Crippen molar-refractivity contribution in [3.63, 3.8) is 0 Å². The van der Waals surface area contributed by atoms with Crippen LogP contribution in [-0.2, 0) is 10.7 Å². The fourth-order valence-corrected chi connectivity index (χ4v) is 4.05. The van der Waals surface area contributed by atoms with Crippen molar-refractivity contribution < 1.29 is 32.5 Å². The van der Waals surface area contributed by atoms with E-state index in [-0.39, 0.29) is 5.56 Å². The number of fused-ring (bicyclic) bond motifs is 1. The van der Waals surface area contributed by atoms with Crippen molar-refractivity contribution in [1.82, 2.24) is 9.97 Å². The third-order valence-electron chi connectivity index (χ3n) is 6.08. The number of benzene rings is 2. The maximum Gasteiger partial charge on any atom is 0.298 e. The average Bonchev–Trinajstić information content (AvgIpc) is 3.58. The summed E-state index contributed by atoms with van der Waals surface area (Å²) in [7, 11) is 3.16. The minimum atomic E-state index is -3.69. The molecule has 35 heavy (non-hydrogen) atoms. The highest BCUT2D eigenvalue weighted by Gasteiger charge is 2.46. The largest absolute Gasteiger partial charge is 0.493 e. The molecule has 1 atom stereocenters. The zero-order valence-electron chi connectivity index (χ0n) is 20.0. The molecule has 1 aliphatic rings. The predicted octanol–water partition coefficient (Wildman–Crippen LogP) is 4.90. The normalized spacial score (nSPS) is 15.7. The van der Waals surface area contributed by atoms with Gasteiger partial charge in [-0.1, -0.05) is 12.1 Å². The van der Waals surface area contributed by atoms with Crippen molar-refractivity contribution in [2.45, 2.75) is 44.3 Å². The van der Waals surface area contributed by atoms with E-state index in [0.717, 1.165) is 18.9 Å². The number of hydrogen-bond donors (Lipinski definition) is 2. The Morgan fingerprint density at radius 2 is 1.91 bits per heavy atom. The molecule has 7 nitrogen and oxygen atoms in total. The van der Waals surface area contributed by atoms with Crippen LogP contribution in [0.3, 0.4) is 0 Å². The van der Waals surface area contributed by atoms with E-state index >= 15 is 4.39 Å². The number of anilines is 1. The number of halogens is 3. The molecule has 1 heterocycles. The summed E-state index contributed by atoms with van der Waals surface area (Å²) in [4.78, 5) is 8.95. The monoisotopic (exact) mass is 491 g/mol. The maximum atomic E-state index is 15.0. The standard InChI is InChI=1S/C25H28F3N3O4/c1-14(16-6-5-7-18(22(16)26)25(27,28)12-32)29-23-17-10-21(35-24(8-9-24)13-33-3)20(34-4)11-19(17)30-15(2)31-23/h5-7,10-11,14,32H,8-9,12-13H2,1-4H3,(H,29,30,31)/t14-/m1/s1. The number of ether oxygens (including phenoxy) is 3. The van der Waals surface area contributed by atoms with E-state index in [0.29, 0.717) is 40.7 Å². The van der Waals surface area contributed by atoms with E-state index in [1.54, 1.807) is 33.1 Å². The number of alkyl halides is 2. The van der Waals surface area contributed by atoms with Gasteiger partial charge in [-0.15, -0.1) is 0 Å². The van der Waals surface area contributed by atoms with Gasteiger partial charge in [-0.3, -0.25) is 0 Å². The molecule has 0 aliphatic heterocycles. The minimum Gasteiger partial charge on any atom is -0.493 e. The van der Waals surface area contributed by atoms with Crippen molar-refractivity contribution in [1.29, 1.82) is 0 Å². The van der Waals surface area contributed by atoms with Crippen molar-refractivity contribution >= 4 is 16.7 Å². The van der Waals surface area contributed by atoms with Crippen LogP contribution in [0.4, 0.5) is 19.0 Å². The van der Waals surface area contributed by atoms with Crippen LogP contribution in [0.2, 0.25) is 0 Å². The first kappa shape index (κ1) is 25.0. The van der Waals surface area contributed by atoms with E-state index in [9.17, 15) is 8.78 Å². The molecule has 3 aromatic rings. The van der Waals surface area contributed by atoms with Crippen molar-refractivity contribution in [3.8, 4) is 11.5 Å². The van der Waals surface area contributed by atoms with Gasteiger partial charge in [0.15, 0.2) is 11.5 Å². The second-order valence-electron chi connectivity index (χ2n) is 8.80. The Balaban J connectivity index is 1.73. The number of aliphatic hydroxyl groups is 1. The van der Waals surface area contributed by atoms with Crippen LogP contribution in [0.1, 0.15) is 42.8 Å². The first-order valence-electron chi connectivity index (χ1n) is 11.2. The Kier molecular flexibility index (Phi) is 6.79. The van der Waals surface area contributed by atoms with Crippen LogP contribution < -0.4 is 14.8 Å². The molecule has 0 unspecified atom stereocenters. The zero-order valence-corrected chi connectivity index (χ0v) is 20.0. The lowest BCUT2D eigenvalue weighted by molar-refractivity contribution is -0.0583. The highest BCUT2D eigenvalue weighted by molar-refractivity contribution is 5.92. The first-order chi connectivity index (χ1) is 16.6. The lowest BCUT2D eigenvalue weighted by Crippen LogP contribution is -2.24. The Hall–Kier alpha value is -3.11. The van der Waals surface area contributed by atoms with Gasteiger partial charge >= 0.3 is 0 Å². The fraction of sp³-hybridized carbons (Fsp3) is 0.440. The van der Waals surface area contributed by atoms with Gasteiger partial charge in [0.1, 0.15) is 29.7 Å². The number of rotatable bonds is 10. The predicted molar refractivity (Wildman–Crippen MR) is 125 cm³/mol. The molecular weight excluding hydrogens is 463 g/mol. The maximum absolute atomic E-state index is 15.0. The highest BCUT2D eigenvalue weighted by atomic mass is 19.3. The lowest BCUT2D eigenvalue weighted by atomic mass is 10.00. The summed E-state index contributed by atoms with van der Waals surface area (Å²) in [6.45, 7) is 2.31. The zero-order chi connectivity index (χ0) is 25.4. The second-order valence-corrected chi connectivity index (χ2v) is 8.80. The lowest BCUT2D eigenvalue weighted by Gasteiger charge is -2.22. The quantitative estimate of drug-likeness (QED) is 0.417. The Labute approximate surface area is 201 Å². The summed E-state index contributed by atoms with van der Waals surface area (Å²) in [6.07, 6.45) is 1.70. The molecule has 1 saturated carbocycles. The molecule has 2 N–H and O–H groups in total. The molecule has 0 bridgehead atoms. The third kappa shape index (κ3) is 4.99. The smallest absolute Gasteiger partial charge is 0.298 e. The van der Waals surface area contributed by atoms with Gasteiger partial charge in [0.2, 0.25) is 0 Å². The van der Waals surface area contributed by atoms with Crippen LogP contribution in [0.25, 0.3) is 10.9 Å². The molecular formula is C25H28F3N3O4. The van der Waals surface area contributed by atoms with E-state index in [4.69, 9.17) is 19.3 Å². The second kappa shape index (κ2) is 9.50. The van der Waals surface area contributed by atoms with Gasteiger partial charge in [0.25, 0.3) is 5.92 Å². The van der Waals surface area contributed by atoms with Crippen LogP contribution in [0, 0.1) is 12.7 Å². The Morgan fingerprint density at radius 1 is 1.17 bits per heavy atom. The molecule has 1 aliphatic carbocycles. The van der Waals surface area contributed by atoms with Gasteiger partial charge in [0.05, 0.1) is 30.8 Å². The van der Waals surface area contributed by atoms with Gasteiger partial charge < -0.3 is 24.6 Å². The summed E-state index contributed by atoms with van der Waals surface area (Å²) in [6, 6.07) is 6.48. The Morgan fingerprint density at radius 3 is 2.54 bits per heavy atom. The third-order valence-corrected chi connectivity index (χ3v) is 6.08. The average molecular weight is 492 g/mol. The van der Waals surface area contributed by atoms with Crippen molar-refractivity contribution in [2.75, 3.05) is 32.8 Å². The van der Waals surface area contributed by atoms with Gasteiger partial charge in [0, 0.05) is 24.1 Å². The number of nitrogens with zero attached hydrogens (tertiary/aromatic N) is 2. The summed E-state index contributed by atoms with van der Waals surface area (Å²) >= 11 is 0. The number of methoxy groups -OCH3 is 2. The molecule has 1 aromatic heterocycles. The summed E-state index contributed by atoms with van der Waals surface area (Å²) in [5.41, 5.74) is -0.678. The Bertz CT molecular complexity index is 1230. The van der Waals surface area contributed by atoms with Crippen molar-refractivity contribution in [2.24, 2.45) is 0 Å². The van der Waals surface area contributed by atoms with Gasteiger partial charge in [-0.25, -0.2) is 14.4 Å². The van der Waals surface area contributed by atoms with Crippen LogP contribution in [0.15, 0.2) is 30.3 Å². The van der Waals surface area contributed by atoms with Crippen LogP contribution >= 0.6 is 0 Å². The van der Waals surface area contributed by atoms with E-state index in [1.807, 2.05) is 0 Å². The highest BCUT2D eigenvalue weighted by Crippen LogP contribution is 2.45. The van der Waals surface area contributed by atoms with E-state index in [1.165, 1.54) is 19.2 Å². The summed E-state index contributed by atoms with van der Waals surface area (Å²) in [5.74, 6) is -2.93. The molecule has 4 rings (SSSR count). The molecule has 188 valence electrons. The van der Waals surface area contributed by atoms with Crippen LogP contribution in [0.5, 0.6) is 11.5 Å². The molecule has 0 spiro atoms. The number of aromatic nitrogens is 2. The molecule has 10 heteroatoms. The topological polar surface area (TPSA) is 85.7 Å². The number of aryl methyl sites for hydroxylation is 1. The minimum absolute atomic E-state index is 0.0158. The molecule has 0 saturated heterocycles. The van der Waals surface area contributed by atoms with Gasteiger partial charge in [-0.05, 0) is 38.8 Å². The number of aliphatic hydroxyl groups excluding tert-OH is 1.